The minimum Gasteiger partial charge on any atom is -0.449 e. The van der Waals surface area contributed by atoms with Gasteiger partial charge in [-0.05, 0) is 43.7 Å². The molecule has 2 rings (SSSR count). The number of carbonyl (C=O) groups is 3. The first-order valence-electron chi connectivity index (χ1n) is 8.45. The number of sulfone groups is 1. The van der Waals surface area contributed by atoms with Crippen LogP contribution >= 0.6 is 0 Å². The molecule has 0 spiro atoms. The predicted molar refractivity (Wildman–Crippen MR) is 105 cm³/mol. The van der Waals surface area contributed by atoms with Crippen molar-refractivity contribution in [2.75, 3.05) is 11.6 Å². The van der Waals surface area contributed by atoms with Crippen molar-refractivity contribution in [1.29, 1.82) is 0 Å². The van der Waals surface area contributed by atoms with Crippen LogP contribution in [0.2, 0.25) is 0 Å². The number of Topliss-reactive ketones (excluding diaryl/α,β-unsaturated/α-hetero) is 1. The first-order chi connectivity index (χ1) is 13.1. The number of nitrogens with one attached hydrogen (secondary N) is 1. The minimum absolute atomic E-state index is 0.143. The SMILES string of the molecule is CC(=O)c1ccccc1NC(=O)[C@H](C)OC(=O)c1cccc(CS(C)(=O)=O)c1. The number of hydrogen-bond acceptors (Lipinski definition) is 6. The van der Waals surface area contributed by atoms with E-state index in [1.807, 2.05) is 0 Å². The van der Waals surface area contributed by atoms with Gasteiger partial charge < -0.3 is 10.1 Å². The van der Waals surface area contributed by atoms with Crippen LogP contribution < -0.4 is 5.32 Å². The van der Waals surface area contributed by atoms with E-state index in [1.54, 1.807) is 36.4 Å². The Morgan fingerprint density at radius 1 is 1.07 bits per heavy atom. The lowest BCUT2D eigenvalue weighted by atomic mass is 10.1. The van der Waals surface area contributed by atoms with E-state index in [9.17, 15) is 22.8 Å². The van der Waals surface area contributed by atoms with Gasteiger partial charge in [0.25, 0.3) is 5.91 Å². The number of rotatable bonds is 7. The lowest BCUT2D eigenvalue weighted by Crippen LogP contribution is -2.30. The second-order valence-electron chi connectivity index (χ2n) is 6.41. The molecule has 2 aromatic rings. The van der Waals surface area contributed by atoms with E-state index in [0.29, 0.717) is 16.8 Å². The van der Waals surface area contributed by atoms with Crippen molar-refractivity contribution in [3.63, 3.8) is 0 Å². The van der Waals surface area contributed by atoms with Gasteiger partial charge in [0.1, 0.15) is 0 Å². The zero-order chi connectivity index (χ0) is 20.9. The smallest absolute Gasteiger partial charge is 0.338 e. The average molecular weight is 403 g/mol. The highest BCUT2D eigenvalue weighted by atomic mass is 32.2. The number of para-hydroxylation sites is 1. The molecule has 28 heavy (non-hydrogen) atoms. The second kappa shape index (κ2) is 8.79. The fraction of sp³-hybridized carbons (Fsp3) is 0.250. The van der Waals surface area contributed by atoms with Crippen LogP contribution in [0.15, 0.2) is 48.5 Å². The number of ketones is 1. The van der Waals surface area contributed by atoms with Crippen LogP contribution in [-0.4, -0.2) is 38.4 Å². The summed E-state index contributed by atoms with van der Waals surface area (Å²) in [5, 5.41) is 2.57. The molecule has 8 heteroatoms. The van der Waals surface area contributed by atoms with Crippen LogP contribution in [-0.2, 0) is 25.1 Å². The van der Waals surface area contributed by atoms with Crippen molar-refractivity contribution < 1.29 is 27.5 Å². The van der Waals surface area contributed by atoms with Crippen LogP contribution in [0.3, 0.4) is 0 Å². The minimum atomic E-state index is -3.25. The fourth-order valence-corrected chi connectivity index (χ4v) is 3.29. The summed E-state index contributed by atoms with van der Waals surface area (Å²) < 4.78 is 28.0. The number of amides is 1. The highest BCUT2D eigenvalue weighted by molar-refractivity contribution is 7.89. The summed E-state index contributed by atoms with van der Waals surface area (Å²) >= 11 is 0. The zero-order valence-electron chi connectivity index (χ0n) is 15.8. The van der Waals surface area contributed by atoms with Crippen molar-refractivity contribution in [3.8, 4) is 0 Å². The molecule has 0 aliphatic heterocycles. The number of ether oxygens (including phenoxy) is 1. The van der Waals surface area contributed by atoms with Gasteiger partial charge in [0.15, 0.2) is 21.7 Å². The molecule has 0 unspecified atom stereocenters. The average Bonchev–Trinajstić information content (AvgIpc) is 2.60. The standard InChI is InChI=1S/C20H21NO6S/c1-13(22)17-9-4-5-10-18(17)21-19(23)14(2)27-20(24)16-8-6-7-15(11-16)12-28(3,25)26/h4-11,14H,12H2,1-3H3,(H,21,23)/t14-/m0/s1. The molecule has 0 aliphatic rings. The Balaban J connectivity index is 2.07. The Labute approximate surface area is 163 Å². The molecule has 1 amide bonds. The topological polar surface area (TPSA) is 107 Å². The summed E-state index contributed by atoms with van der Waals surface area (Å²) in [6.45, 7) is 2.79. The third-order valence-electron chi connectivity index (χ3n) is 3.81. The van der Waals surface area contributed by atoms with Gasteiger partial charge in [0.2, 0.25) is 0 Å². The summed E-state index contributed by atoms with van der Waals surface area (Å²) in [5.74, 6) is -1.75. The number of esters is 1. The van der Waals surface area contributed by atoms with Gasteiger partial charge in [-0.3, -0.25) is 9.59 Å². The molecule has 0 radical (unpaired) electrons. The molecular formula is C20H21NO6S. The van der Waals surface area contributed by atoms with E-state index in [-0.39, 0.29) is 17.1 Å². The molecule has 0 aromatic heterocycles. The van der Waals surface area contributed by atoms with Crippen molar-refractivity contribution in [3.05, 3.63) is 65.2 Å². The third kappa shape index (κ3) is 6.02. The van der Waals surface area contributed by atoms with Crippen molar-refractivity contribution in [2.45, 2.75) is 25.7 Å². The first kappa shape index (κ1) is 21.3. The third-order valence-corrected chi connectivity index (χ3v) is 4.67. The van der Waals surface area contributed by atoms with Gasteiger partial charge in [-0.1, -0.05) is 24.3 Å². The number of carbonyl (C=O) groups excluding carboxylic acids is 3. The Bertz CT molecular complexity index is 1010. The maximum Gasteiger partial charge on any atom is 0.338 e. The van der Waals surface area contributed by atoms with Crippen molar-refractivity contribution in [1.82, 2.24) is 0 Å². The second-order valence-corrected chi connectivity index (χ2v) is 8.55. The molecule has 0 aliphatic carbocycles. The van der Waals surface area contributed by atoms with E-state index in [2.05, 4.69) is 5.32 Å². The summed E-state index contributed by atoms with van der Waals surface area (Å²) in [6, 6.07) is 12.5. The zero-order valence-corrected chi connectivity index (χ0v) is 16.6. The molecule has 148 valence electrons. The van der Waals surface area contributed by atoms with Crippen LogP contribution in [0.4, 0.5) is 5.69 Å². The highest BCUT2D eigenvalue weighted by Gasteiger charge is 2.21. The summed E-state index contributed by atoms with van der Waals surface area (Å²) in [5.41, 5.74) is 1.27. The Hall–Kier alpha value is -3.00. The first-order valence-corrected chi connectivity index (χ1v) is 10.5. The van der Waals surface area contributed by atoms with Gasteiger partial charge in [0, 0.05) is 11.8 Å². The fourth-order valence-electron chi connectivity index (χ4n) is 2.51. The quantitative estimate of drug-likeness (QED) is 0.563. The Kier molecular flexibility index (Phi) is 6.69. The van der Waals surface area contributed by atoms with Gasteiger partial charge >= 0.3 is 5.97 Å². The van der Waals surface area contributed by atoms with Crippen LogP contribution in [0.5, 0.6) is 0 Å². The van der Waals surface area contributed by atoms with Crippen LogP contribution in [0.25, 0.3) is 0 Å². The normalized spacial score (nSPS) is 12.1. The summed E-state index contributed by atoms with van der Waals surface area (Å²) in [6.07, 6.45) is -0.0189. The maximum atomic E-state index is 12.3. The summed E-state index contributed by atoms with van der Waals surface area (Å²) in [7, 11) is -3.25. The molecule has 0 saturated carbocycles. The number of benzene rings is 2. The molecule has 0 saturated heterocycles. The Morgan fingerprint density at radius 3 is 2.39 bits per heavy atom. The van der Waals surface area contributed by atoms with E-state index in [0.717, 1.165) is 6.26 Å². The van der Waals surface area contributed by atoms with Gasteiger partial charge in [-0.15, -0.1) is 0 Å². The summed E-state index contributed by atoms with van der Waals surface area (Å²) in [4.78, 5) is 36.3. The highest BCUT2D eigenvalue weighted by Crippen LogP contribution is 2.17. The van der Waals surface area contributed by atoms with Gasteiger partial charge in [-0.25, -0.2) is 13.2 Å². The van der Waals surface area contributed by atoms with E-state index >= 15 is 0 Å². The maximum absolute atomic E-state index is 12.3. The van der Waals surface area contributed by atoms with E-state index in [4.69, 9.17) is 4.74 Å². The molecule has 1 atom stereocenters. The molecular weight excluding hydrogens is 382 g/mol. The molecule has 1 N–H and O–H groups in total. The van der Waals surface area contributed by atoms with E-state index < -0.39 is 27.8 Å². The van der Waals surface area contributed by atoms with Crippen LogP contribution in [0.1, 0.15) is 40.1 Å². The van der Waals surface area contributed by atoms with Crippen molar-refractivity contribution >= 4 is 33.2 Å². The number of anilines is 1. The molecule has 0 heterocycles. The van der Waals surface area contributed by atoms with Gasteiger partial charge in [-0.2, -0.15) is 0 Å². The van der Waals surface area contributed by atoms with Crippen LogP contribution in [0, 0.1) is 0 Å². The lowest BCUT2D eigenvalue weighted by molar-refractivity contribution is -0.123. The van der Waals surface area contributed by atoms with Crippen molar-refractivity contribution in [2.24, 2.45) is 0 Å². The Morgan fingerprint density at radius 2 is 1.75 bits per heavy atom. The lowest BCUT2D eigenvalue weighted by Gasteiger charge is -2.15. The molecule has 0 bridgehead atoms. The monoisotopic (exact) mass is 403 g/mol. The van der Waals surface area contributed by atoms with E-state index in [1.165, 1.54) is 26.0 Å². The molecule has 2 aromatic carbocycles. The largest absolute Gasteiger partial charge is 0.449 e. The number of hydrogen-bond donors (Lipinski definition) is 1. The molecule has 0 fully saturated rings. The predicted octanol–water partition coefficient (Wildman–Crippen LogP) is 2.62. The molecule has 7 nitrogen and oxygen atoms in total. The van der Waals surface area contributed by atoms with Gasteiger partial charge in [0.05, 0.1) is 17.0 Å².